The highest BCUT2D eigenvalue weighted by atomic mass is 16.5. The Morgan fingerprint density at radius 2 is 1.81 bits per heavy atom. The fourth-order valence-electron chi connectivity index (χ4n) is 3.77. The highest BCUT2D eigenvalue weighted by Gasteiger charge is 2.38. The maximum absolute atomic E-state index is 13.4. The number of carbonyl (C=O) groups is 3. The second-order valence-electron chi connectivity index (χ2n) is 7.24. The average Bonchev–Trinajstić information content (AvgIpc) is 3.44. The van der Waals surface area contributed by atoms with Gasteiger partial charge in [-0.1, -0.05) is 6.92 Å². The molecular formula is C21H32N2O4. The third kappa shape index (κ3) is 4.09. The average molecular weight is 376 g/mol. The molecule has 0 bridgehead atoms. The Kier molecular flexibility index (Phi) is 6.84. The molecule has 0 saturated heterocycles. The van der Waals surface area contributed by atoms with Crippen molar-refractivity contribution >= 4 is 17.7 Å². The molecule has 0 aliphatic heterocycles. The van der Waals surface area contributed by atoms with Crippen LogP contribution in [0.5, 0.6) is 0 Å². The summed E-state index contributed by atoms with van der Waals surface area (Å²) in [5.41, 5.74) is 2.37. The van der Waals surface area contributed by atoms with Crippen molar-refractivity contribution in [1.82, 2.24) is 9.47 Å². The van der Waals surface area contributed by atoms with E-state index in [1.165, 1.54) is 0 Å². The lowest BCUT2D eigenvalue weighted by Crippen LogP contribution is -2.44. The van der Waals surface area contributed by atoms with E-state index < -0.39 is 12.0 Å². The Labute approximate surface area is 161 Å². The van der Waals surface area contributed by atoms with Gasteiger partial charge in [0.25, 0.3) is 0 Å². The number of aromatic nitrogens is 1. The second kappa shape index (κ2) is 8.72. The molecule has 1 aromatic heterocycles. The van der Waals surface area contributed by atoms with E-state index in [4.69, 9.17) is 4.74 Å². The number of rotatable bonds is 9. The van der Waals surface area contributed by atoms with Gasteiger partial charge in [-0.05, 0) is 59.4 Å². The van der Waals surface area contributed by atoms with Crippen molar-refractivity contribution in [2.75, 3.05) is 13.2 Å². The lowest BCUT2D eigenvalue weighted by atomic mass is 9.99. The maximum atomic E-state index is 13.4. The van der Waals surface area contributed by atoms with Gasteiger partial charge >= 0.3 is 5.97 Å². The van der Waals surface area contributed by atoms with Crippen molar-refractivity contribution in [2.24, 2.45) is 5.92 Å². The molecule has 27 heavy (non-hydrogen) atoms. The van der Waals surface area contributed by atoms with Crippen molar-refractivity contribution in [2.45, 2.75) is 73.4 Å². The molecule has 0 radical (unpaired) electrons. The number of Topliss-reactive ketones (excluding diaryl/α,β-unsaturated/α-hetero) is 1. The first-order valence-electron chi connectivity index (χ1n) is 10.0. The number of ketones is 1. The number of esters is 1. The molecule has 1 amide bonds. The Morgan fingerprint density at radius 3 is 2.30 bits per heavy atom. The number of nitrogens with zero attached hydrogens (tertiary/aromatic N) is 2. The molecule has 1 saturated carbocycles. The molecule has 1 fully saturated rings. The van der Waals surface area contributed by atoms with Crippen molar-refractivity contribution in [1.29, 1.82) is 0 Å². The fourth-order valence-corrected chi connectivity index (χ4v) is 3.77. The van der Waals surface area contributed by atoms with Crippen LogP contribution in [0.25, 0.3) is 0 Å². The largest absolute Gasteiger partial charge is 0.461 e. The number of ether oxygens (including phenoxy) is 1. The summed E-state index contributed by atoms with van der Waals surface area (Å²) < 4.78 is 7.02. The third-order valence-corrected chi connectivity index (χ3v) is 5.32. The molecule has 6 heteroatoms. The van der Waals surface area contributed by atoms with Gasteiger partial charge in [-0.3, -0.25) is 9.59 Å². The summed E-state index contributed by atoms with van der Waals surface area (Å²) >= 11 is 0. The van der Waals surface area contributed by atoms with Crippen LogP contribution in [0.2, 0.25) is 0 Å². The van der Waals surface area contributed by atoms with E-state index in [1.54, 1.807) is 25.7 Å². The van der Waals surface area contributed by atoms with E-state index in [0.717, 1.165) is 25.0 Å². The van der Waals surface area contributed by atoms with Crippen LogP contribution in [-0.2, 0) is 16.1 Å². The lowest BCUT2D eigenvalue weighted by Gasteiger charge is -2.28. The van der Waals surface area contributed by atoms with Gasteiger partial charge in [-0.15, -0.1) is 0 Å². The highest BCUT2D eigenvalue weighted by Crippen LogP contribution is 2.33. The van der Waals surface area contributed by atoms with Gasteiger partial charge in [0.1, 0.15) is 5.69 Å². The van der Waals surface area contributed by atoms with Crippen LogP contribution in [0.1, 0.15) is 79.1 Å². The summed E-state index contributed by atoms with van der Waals surface area (Å²) in [5.74, 6) is -0.366. The predicted molar refractivity (Wildman–Crippen MR) is 104 cm³/mol. The fraction of sp³-hybridized carbons (Fsp3) is 0.667. The van der Waals surface area contributed by atoms with Crippen molar-refractivity contribution < 1.29 is 19.1 Å². The van der Waals surface area contributed by atoms with Gasteiger partial charge in [0, 0.05) is 30.3 Å². The highest BCUT2D eigenvalue weighted by molar-refractivity contribution is 6.06. The standard InChI is InChI=1S/C21H32N2O4/c1-7-12-23(20(25)16-10-11-16)15(6)19(24)17-13(4)18(21(26)27-9-3)22(8-2)14(17)5/h15-16H,7-12H2,1-6H3. The van der Waals surface area contributed by atoms with E-state index >= 15 is 0 Å². The van der Waals surface area contributed by atoms with E-state index in [2.05, 4.69) is 0 Å². The number of hydrogen-bond acceptors (Lipinski definition) is 4. The summed E-state index contributed by atoms with van der Waals surface area (Å²) in [4.78, 5) is 40.2. The van der Waals surface area contributed by atoms with Crippen LogP contribution in [0, 0.1) is 19.8 Å². The minimum atomic E-state index is -0.543. The Bertz CT molecular complexity index is 731. The van der Waals surface area contributed by atoms with Gasteiger partial charge in [0.05, 0.1) is 12.6 Å². The van der Waals surface area contributed by atoms with Crippen LogP contribution in [-0.4, -0.2) is 46.3 Å². The summed E-state index contributed by atoms with van der Waals surface area (Å²) in [5, 5.41) is 0. The third-order valence-electron chi connectivity index (χ3n) is 5.32. The molecule has 1 aliphatic carbocycles. The van der Waals surface area contributed by atoms with Gasteiger partial charge < -0.3 is 14.2 Å². The molecule has 1 heterocycles. The Hall–Kier alpha value is -2.11. The topological polar surface area (TPSA) is 68.6 Å². The van der Waals surface area contributed by atoms with Crippen LogP contribution < -0.4 is 0 Å². The molecule has 0 spiro atoms. The molecule has 150 valence electrons. The van der Waals surface area contributed by atoms with Crippen molar-refractivity contribution in [3.05, 3.63) is 22.5 Å². The van der Waals surface area contributed by atoms with Crippen LogP contribution in [0.3, 0.4) is 0 Å². The van der Waals surface area contributed by atoms with E-state index in [9.17, 15) is 14.4 Å². The van der Waals surface area contributed by atoms with Gasteiger partial charge in [-0.2, -0.15) is 0 Å². The molecule has 1 unspecified atom stereocenters. The molecule has 1 aromatic rings. The maximum Gasteiger partial charge on any atom is 0.355 e. The van der Waals surface area contributed by atoms with E-state index in [1.807, 2.05) is 25.3 Å². The van der Waals surface area contributed by atoms with E-state index in [-0.39, 0.29) is 24.2 Å². The first-order chi connectivity index (χ1) is 12.8. The second-order valence-corrected chi connectivity index (χ2v) is 7.24. The first-order valence-corrected chi connectivity index (χ1v) is 10.0. The van der Waals surface area contributed by atoms with Gasteiger partial charge in [-0.25, -0.2) is 4.79 Å². The van der Waals surface area contributed by atoms with Gasteiger partial charge in [0.15, 0.2) is 5.78 Å². The number of hydrogen-bond donors (Lipinski definition) is 0. The van der Waals surface area contributed by atoms with E-state index in [0.29, 0.717) is 29.9 Å². The molecule has 6 nitrogen and oxygen atoms in total. The number of carbonyl (C=O) groups excluding carboxylic acids is 3. The van der Waals surface area contributed by atoms with Crippen LogP contribution in [0.4, 0.5) is 0 Å². The molecule has 2 rings (SSSR count). The quantitative estimate of drug-likeness (QED) is 0.488. The SMILES string of the molecule is CCCN(C(=O)C1CC1)C(C)C(=O)c1c(C)c(C(=O)OCC)n(CC)c1C. The van der Waals surface area contributed by atoms with Crippen LogP contribution in [0.15, 0.2) is 0 Å². The molecule has 1 aliphatic rings. The zero-order valence-electron chi connectivity index (χ0n) is 17.4. The molecule has 0 N–H and O–H groups in total. The smallest absolute Gasteiger partial charge is 0.355 e. The molecule has 1 atom stereocenters. The zero-order valence-corrected chi connectivity index (χ0v) is 17.4. The number of amides is 1. The monoisotopic (exact) mass is 376 g/mol. The van der Waals surface area contributed by atoms with Gasteiger partial charge in [0.2, 0.25) is 5.91 Å². The summed E-state index contributed by atoms with van der Waals surface area (Å²) in [6.07, 6.45) is 2.63. The summed E-state index contributed by atoms with van der Waals surface area (Å²) in [6, 6.07) is -0.543. The lowest BCUT2D eigenvalue weighted by molar-refractivity contribution is -0.133. The molecule has 0 aromatic carbocycles. The van der Waals surface area contributed by atoms with Crippen molar-refractivity contribution in [3.63, 3.8) is 0 Å². The minimum Gasteiger partial charge on any atom is -0.461 e. The summed E-state index contributed by atoms with van der Waals surface area (Å²) in [7, 11) is 0. The predicted octanol–water partition coefficient (Wildman–Crippen LogP) is 3.52. The Morgan fingerprint density at radius 1 is 1.19 bits per heavy atom. The zero-order chi connectivity index (χ0) is 20.3. The van der Waals surface area contributed by atoms with Crippen LogP contribution >= 0.6 is 0 Å². The minimum absolute atomic E-state index is 0.0735. The Balaban J connectivity index is 2.42. The van der Waals surface area contributed by atoms with Crippen molar-refractivity contribution in [3.8, 4) is 0 Å². The summed E-state index contributed by atoms with van der Waals surface area (Å²) in [6.45, 7) is 12.6. The normalized spacial score (nSPS) is 14.7. The first kappa shape index (κ1) is 21.2. The molecular weight excluding hydrogens is 344 g/mol.